The third-order valence-electron chi connectivity index (χ3n) is 3.65. The summed E-state index contributed by atoms with van der Waals surface area (Å²) < 4.78 is 26.7. The van der Waals surface area contributed by atoms with E-state index in [4.69, 9.17) is 0 Å². The predicted octanol–water partition coefficient (Wildman–Crippen LogP) is 2.22. The molecular weight excluding hydrogens is 272 g/mol. The topological polar surface area (TPSA) is 49.4 Å². The van der Waals surface area contributed by atoms with E-state index in [1.165, 1.54) is 0 Å². The Labute approximate surface area is 122 Å². The average molecular weight is 296 g/mol. The highest BCUT2D eigenvalue weighted by Crippen LogP contribution is 2.31. The Morgan fingerprint density at radius 3 is 2.35 bits per heavy atom. The van der Waals surface area contributed by atoms with Crippen LogP contribution >= 0.6 is 0 Å². The number of nitrogens with zero attached hydrogens (tertiary/aromatic N) is 1. The monoisotopic (exact) mass is 296 g/mol. The highest BCUT2D eigenvalue weighted by atomic mass is 32.2. The van der Waals surface area contributed by atoms with Crippen LogP contribution in [-0.4, -0.2) is 32.4 Å². The molecule has 1 saturated carbocycles. The summed E-state index contributed by atoms with van der Waals surface area (Å²) in [4.78, 5) is 0.403. The summed E-state index contributed by atoms with van der Waals surface area (Å²) >= 11 is 0. The van der Waals surface area contributed by atoms with Gasteiger partial charge in [-0.2, -0.15) is 4.31 Å². The van der Waals surface area contributed by atoms with Gasteiger partial charge in [0, 0.05) is 19.6 Å². The van der Waals surface area contributed by atoms with Crippen molar-refractivity contribution in [2.75, 3.05) is 19.6 Å². The molecule has 1 aromatic rings. The molecule has 4 nitrogen and oxygen atoms in total. The molecule has 1 fully saturated rings. The Morgan fingerprint density at radius 2 is 1.85 bits per heavy atom. The summed E-state index contributed by atoms with van der Waals surface area (Å²) in [5.74, 6) is 0.567. The highest BCUT2D eigenvalue weighted by Gasteiger charge is 2.30. The maximum atomic E-state index is 12.6. The largest absolute Gasteiger partial charge is 0.313 e. The molecule has 0 radical (unpaired) electrons. The van der Waals surface area contributed by atoms with Crippen LogP contribution in [-0.2, 0) is 16.6 Å². The Hall–Kier alpha value is -0.910. The van der Waals surface area contributed by atoms with E-state index in [2.05, 4.69) is 12.2 Å². The fraction of sp³-hybridized carbons (Fsp3) is 0.600. The second-order valence-electron chi connectivity index (χ2n) is 5.32. The molecular formula is C15H24N2O2S. The minimum Gasteiger partial charge on any atom is -0.313 e. The van der Waals surface area contributed by atoms with E-state index in [1.54, 1.807) is 16.4 Å². The first-order valence-electron chi connectivity index (χ1n) is 7.37. The lowest BCUT2D eigenvalue weighted by atomic mass is 10.2. The third kappa shape index (κ3) is 3.81. The number of hydrogen-bond donors (Lipinski definition) is 1. The van der Waals surface area contributed by atoms with Crippen molar-refractivity contribution in [3.05, 3.63) is 29.8 Å². The summed E-state index contributed by atoms with van der Waals surface area (Å²) in [5, 5.41) is 3.23. The minimum atomic E-state index is -3.33. The van der Waals surface area contributed by atoms with Crippen molar-refractivity contribution >= 4 is 10.0 Å². The predicted molar refractivity (Wildman–Crippen MR) is 81.0 cm³/mol. The van der Waals surface area contributed by atoms with Gasteiger partial charge >= 0.3 is 0 Å². The van der Waals surface area contributed by atoms with Gasteiger partial charge in [-0.25, -0.2) is 8.42 Å². The zero-order chi connectivity index (χ0) is 14.6. The van der Waals surface area contributed by atoms with E-state index in [0.717, 1.165) is 31.5 Å². The van der Waals surface area contributed by atoms with Crippen molar-refractivity contribution in [3.8, 4) is 0 Å². The molecule has 0 atom stereocenters. The van der Waals surface area contributed by atoms with Gasteiger partial charge < -0.3 is 5.32 Å². The van der Waals surface area contributed by atoms with E-state index in [9.17, 15) is 8.42 Å². The number of nitrogens with one attached hydrogen (secondary N) is 1. The Kier molecular flexibility index (Phi) is 5.18. The highest BCUT2D eigenvalue weighted by molar-refractivity contribution is 7.89. The van der Waals surface area contributed by atoms with Crippen LogP contribution in [0.1, 0.15) is 32.3 Å². The summed E-state index contributed by atoms with van der Waals surface area (Å²) in [7, 11) is -3.33. The van der Waals surface area contributed by atoms with Crippen molar-refractivity contribution in [2.24, 2.45) is 5.92 Å². The molecule has 0 bridgehead atoms. The lowest BCUT2D eigenvalue weighted by molar-refractivity contribution is 0.412. The van der Waals surface area contributed by atoms with Crippen LogP contribution in [0, 0.1) is 5.92 Å². The van der Waals surface area contributed by atoms with Gasteiger partial charge in [-0.3, -0.25) is 0 Å². The molecule has 1 N–H and O–H groups in total. The first-order chi connectivity index (χ1) is 9.57. The second kappa shape index (κ2) is 6.70. The second-order valence-corrected chi connectivity index (χ2v) is 7.26. The Balaban J connectivity index is 2.10. The van der Waals surface area contributed by atoms with Crippen LogP contribution in [0.2, 0.25) is 0 Å². The molecule has 0 saturated heterocycles. The van der Waals surface area contributed by atoms with E-state index in [-0.39, 0.29) is 0 Å². The van der Waals surface area contributed by atoms with Crippen LogP contribution in [0.3, 0.4) is 0 Å². The molecule has 0 unspecified atom stereocenters. The number of sulfonamides is 1. The average Bonchev–Trinajstić information content (AvgIpc) is 3.26. The van der Waals surface area contributed by atoms with Gasteiger partial charge in [0.15, 0.2) is 0 Å². The molecule has 112 valence electrons. The summed E-state index contributed by atoms with van der Waals surface area (Å²) in [5.41, 5.74) is 1.11. The summed E-state index contributed by atoms with van der Waals surface area (Å²) in [6.07, 6.45) is 2.32. The Morgan fingerprint density at radius 1 is 1.20 bits per heavy atom. The van der Waals surface area contributed by atoms with Crippen molar-refractivity contribution in [1.29, 1.82) is 0 Å². The van der Waals surface area contributed by atoms with Gasteiger partial charge in [0.25, 0.3) is 0 Å². The van der Waals surface area contributed by atoms with E-state index in [0.29, 0.717) is 23.9 Å². The maximum absolute atomic E-state index is 12.6. The van der Waals surface area contributed by atoms with Gasteiger partial charge in [0.05, 0.1) is 4.90 Å². The molecule has 0 aromatic heterocycles. The van der Waals surface area contributed by atoms with Crippen LogP contribution in [0.4, 0.5) is 0 Å². The minimum absolute atomic E-state index is 0.403. The lowest BCUT2D eigenvalue weighted by Gasteiger charge is -2.20. The van der Waals surface area contributed by atoms with E-state index < -0.39 is 10.0 Å². The lowest BCUT2D eigenvalue weighted by Crippen LogP contribution is -2.32. The molecule has 0 heterocycles. The van der Waals surface area contributed by atoms with Crippen LogP contribution in [0.15, 0.2) is 29.2 Å². The van der Waals surface area contributed by atoms with Crippen molar-refractivity contribution < 1.29 is 8.42 Å². The standard InChI is InChI=1S/C15H24N2O2S/c1-3-16-11-13-7-9-15(10-8-13)20(18,19)17(4-2)12-14-5-6-14/h7-10,14,16H,3-6,11-12H2,1-2H3. The number of hydrogen-bond acceptors (Lipinski definition) is 3. The summed E-state index contributed by atoms with van der Waals surface area (Å²) in [6, 6.07) is 7.22. The number of rotatable bonds is 8. The zero-order valence-electron chi connectivity index (χ0n) is 12.3. The van der Waals surface area contributed by atoms with Gasteiger partial charge in [-0.15, -0.1) is 0 Å². The molecule has 5 heteroatoms. The van der Waals surface area contributed by atoms with Gasteiger partial charge in [-0.05, 0) is 43.0 Å². The summed E-state index contributed by atoms with van der Waals surface area (Å²) in [6.45, 7) is 6.84. The number of benzene rings is 1. The van der Waals surface area contributed by atoms with Gasteiger partial charge in [0.1, 0.15) is 0 Å². The van der Waals surface area contributed by atoms with E-state index >= 15 is 0 Å². The maximum Gasteiger partial charge on any atom is 0.243 e. The fourth-order valence-corrected chi connectivity index (χ4v) is 3.71. The Bertz CT molecular complexity index is 521. The van der Waals surface area contributed by atoms with Crippen molar-refractivity contribution in [3.63, 3.8) is 0 Å². The van der Waals surface area contributed by atoms with Crippen LogP contribution < -0.4 is 5.32 Å². The smallest absolute Gasteiger partial charge is 0.243 e. The first kappa shape index (κ1) is 15.5. The molecule has 1 aliphatic rings. The molecule has 1 aromatic carbocycles. The molecule has 0 amide bonds. The molecule has 0 aliphatic heterocycles. The first-order valence-corrected chi connectivity index (χ1v) is 8.81. The fourth-order valence-electron chi connectivity index (χ4n) is 2.18. The third-order valence-corrected chi connectivity index (χ3v) is 5.61. The van der Waals surface area contributed by atoms with Crippen molar-refractivity contribution in [1.82, 2.24) is 9.62 Å². The van der Waals surface area contributed by atoms with Crippen LogP contribution in [0.25, 0.3) is 0 Å². The van der Waals surface area contributed by atoms with Gasteiger partial charge in [-0.1, -0.05) is 26.0 Å². The normalized spacial score (nSPS) is 15.8. The molecule has 1 aliphatic carbocycles. The SMILES string of the molecule is CCNCc1ccc(S(=O)(=O)N(CC)CC2CC2)cc1. The zero-order valence-corrected chi connectivity index (χ0v) is 13.1. The quantitative estimate of drug-likeness (QED) is 0.800. The van der Waals surface area contributed by atoms with Crippen molar-refractivity contribution in [2.45, 2.75) is 38.1 Å². The molecule has 20 heavy (non-hydrogen) atoms. The van der Waals surface area contributed by atoms with Gasteiger partial charge in [0.2, 0.25) is 10.0 Å². The molecule has 0 spiro atoms. The van der Waals surface area contributed by atoms with E-state index in [1.807, 2.05) is 19.1 Å². The molecule has 2 rings (SSSR count). The van der Waals surface area contributed by atoms with Crippen LogP contribution in [0.5, 0.6) is 0 Å².